The summed E-state index contributed by atoms with van der Waals surface area (Å²) in [7, 11) is 4.70. The van der Waals surface area contributed by atoms with E-state index in [2.05, 4.69) is 21.0 Å². The first-order valence-electron chi connectivity index (χ1n) is 4.46. The van der Waals surface area contributed by atoms with E-state index in [1.165, 1.54) is 36.8 Å². The molecule has 0 saturated heterocycles. The van der Waals surface area contributed by atoms with E-state index < -0.39 is 0 Å². The molecule has 0 bridgehead atoms. The fourth-order valence-corrected chi connectivity index (χ4v) is 1.70. The molecular weight excluding hydrogens is 122 g/mol. The van der Waals surface area contributed by atoms with Crippen LogP contribution in [0.1, 0.15) is 26.2 Å². The first kappa shape index (κ1) is 8.06. The molecule has 0 aromatic heterocycles. The lowest BCUT2D eigenvalue weighted by molar-refractivity contribution is -0.892. The lowest BCUT2D eigenvalue weighted by Crippen LogP contribution is -2.41. The van der Waals surface area contributed by atoms with Crippen LogP contribution in [0, 0.1) is 5.92 Å². The number of hydrogen-bond acceptors (Lipinski definition) is 0. The summed E-state index contributed by atoms with van der Waals surface area (Å²) in [5.41, 5.74) is 0. The SMILES string of the molecule is CCC[N+](C)(C)CC1CC1. The number of quaternary nitrogens is 1. The Labute approximate surface area is 64.6 Å². The van der Waals surface area contributed by atoms with Gasteiger partial charge in [-0.25, -0.2) is 0 Å². The van der Waals surface area contributed by atoms with E-state index in [1.807, 2.05) is 0 Å². The Bertz CT molecular complexity index is 103. The van der Waals surface area contributed by atoms with Gasteiger partial charge in [-0.3, -0.25) is 0 Å². The van der Waals surface area contributed by atoms with Crippen molar-refractivity contribution in [3.63, 3.8) is 0 Å². The average molecular weight is 142 g/mol. The van der Waals surface area contributed by atoms with E-state index >= 15 is 0 Å². The normalized spacial score (nSPS) is 19.5. The van der Waals surface area contributed by atoms with Crippen molar-refractivity contribution in [1.29, 1.82) is 0 Å². The summed E-state index contributed by atoms with van der Waals surface area (Å²) in [6.07, 6.45) is 4.30. The minimum Gasteiger partial charge on any atom is -0.328 e. The van der Waals surface area contributed by atoms with E-state index in [9.17, 15) is 0 Å². The quantitative estimate of drug-likeness (QED) is 0.526. The monoisotopic (exact) mass is 142 g/mol. The Hall–Kier alpha value is -0.0400. The van der Waals surface area contributed by atoms with Crippen LogP contribution in [0.3, 0.4) is 0 Å². The minimum absolute atomic E-state index is 1.07. The largest absolute Gasteiger partial charge is 0.328 e. The molecule has 1 saturated carbocycles. The van der Waals surface area contributed by atoms with Crippen LogP contribution < -0.4 is 0 Å². The van der Waals surface area contributed by atoms with Crippen molar-refractivity contribution in [2.24, 2.45) is 5.92 Å². The Morgan fingerprint density at radius 2 is 1.90 bits per heavy atom. The Kier molecular flexibility index (Phi) is 2.35. The zero-order valence-electron chi connectivity index (χ0n) is 7.56. The molecule has 0 unspecified atom stereocenters. The molecule has 1 rings (SSSR count). The van der Waals surface area contributed by atoms with Crippen LogP contribution >= 0.6 is 0 Å². The van der Waals surface area contributed by atoms with Crippen molar-refractivity contribution < 1.29 is 4.48 Å². The first-order valence-corrected chi connectivity index (χ1v) is 4.46. The van der Waals surface area contributed by atoms with Crippen LogP contribution in [0.5, 0.6) is 0 Å². The van der Waals surface area contributed by atoms with Crippen molar-refractivity contribution in [1.82, 2.24) is 0 Å². The van der Waals surface area contributed by atoms with E-state index in [1.54, 1.807) is 0 Å². The molecule has 10 heavy (non-hydrogen) atoms. The van der Waals surface area contributed by atoms with Gasteiger partial charge in [0.05, 0.1) is 27.2 Å². The highest BCUT2D eigenvalue weighted by Gasteiger charge is 2.29. The van der Waals surface area contributed by atoms with Crippen LogP contribution in [0.25, 0.3) is 0 Å². The van der Waals surface area contributed by atoms with Crippen LogP contribution in [0.2, 0.25) is 0 Å². The molecular formula is C9H20N+. The molecule has 1 aliphatic rings. The van der Waals surface area contributed by atoms with Crippen LogP contribution in [-0.4, -0.2) is 31.7 Å². The summed E-state index contributed by atoms with van der Waals surface area (Å²) >= 11 is 0. The van der Waals surface area contributed by atoms with Gasteiger partial charge in [-0.15, -0.1) is 0 Å². The lowest BCUT2D eigenvalue weighted by Gasteiger charge is -2.29. The number of rotatable bonds is 4. The molecule has 0 aromatic rings. The van der Waals surface area contributed by atoms with Crippen LogP contribution in [-0.2, 0) is 0 Å². The molecule has 1 fully saturated rings. The van der Waals surface area contributed by atoms with E-state index in [0.717, 1.165) is 5.92 Å². The third-order valence-electron chi connectivity index (χ3n) is 2.28. The summed E-state index contributed by atoms with van der Waals surface area (Å²) in [6, 6.07) is 0. The second kappa shape index (κ2) is 2.91. The van der Waals surface area contributed by atoms with E-state index in [-0.39, 0.29) is 0 Å². The molecule has 1 aliphatic carbocycles. The van der Waals surface area contributed by atoms with Gasteiger partial charge in [0.2, 0.25) is 0 Å². The van der Waals surface area contributed by atoms with Gasteiger partial charge in [0, 0.05) is 5.92 Å². The molecule has 1 nitrogen and oxygen atoms in total. The molecule has 0 aliphatic heterocycles. The predicted octanol–water partition coefficient (Wildman–Crippen LogP) is 1.88. The van der Waals surface area contributed by atoms with Crippen molar-refractivity contribution in [2.45, 2.75) is 26.2 Å². The molecule has 0 amide bonds. The highest BCUT2D eigenvalue weighted by Crippen LogP contribution is 2.30. The standard InChI is InChI=1S/C9H20N/c1-4-7-10(2,3)8-9-5-6-9/h9H,4-8H2,1-3H3/q+1. The number of nitrogens with zero attached hydrogens (tertiary/aromatic N) is 1. The fraction of sp³-hybridized carbons (Fsp3) is 1.00. The van der Waals surface area contributed by atoms with Gasteiger partial charge >= 0.3 is 0 Å². The third kappa shape index (κ3) is 2.70. The van der Waals surface area contributed by atoms with Gasteiger partial charge in [-0.05, 0) is 19.3 Å². The summed E-state index contributed by atoms with van der Waals surface area (Å²) in [5, 5.41) is 0. The van der Waals surface area contributed by atoms with E-state index in [0.29, 0.717) is 0 Å². The lowest BCUT2D eigenvalue weighted by atomic mass is 10.3. The topological polar surface area (TPSA) is 0 Å². The Morgan fingerprint density at radius 1 is 1.30 bits per heavy atom. The maximum atomic E-state index is 2.35. The molecule has 0 radical (unpaired) electrons. The van der Waals surface area contributed by atoms with Gasteiger partial charge in [-0.1, -0.05) is 6.92 Å². The molecule has 0 heterocycles. The predicted molar refractivity (Wildman–Crippen MR) is 44.9 cm³/mol. The highest BCUT2D eigenvalue weighted by molar-refractivity contribution is 4.72. The van der Waals surface area contributed by atoms with Gasteiger partial charge in [0.25, 0.3) is 0 Å². The maximum Gasteiger partial charge on any atom is 0.0811 e. The molecule has 0 spiro atoms. The average Bonchev–Trinajstić information content (AvgIpc) is 2.48. The Balaban J connectivity index is 2.19. The van der Waals surface area contributed by atoms with Gasteiger partial charge in [0.15, 0.2) is 0 Å². The highest BCUT2D eigenvalue weighted by atomic mass is 15.3. The maximum absolute atomic E-state index is 2.35. The Morgan fingerprint density at radius 3 is 2.30 bits per heavy atom. The smallest absolute Gasteiger partial charge is 0.0811 e. The molecule has 0 atom stereocenters. The van der Waals surface area contributed by atoms with E-state index in [4.69, 9.17) is 0 Å². The van der Waals surface area contributed by atoms with Crippen molar-refractivity contribution in [3.05, 3.63) is 0 Å². The fourth-order valence-electron chi connectivity index (χ4n) is 1.70. The summed E-state index contributed by atoms with van der Waals surface area (Å²) < 4.78 is 1.24. The van der Waals surface area contributed by atoms with Gasteiger partial charge in [0.1, 0.15) is 0 Å². The molecule has 0 N–H and O–H groups in total. The van der Waals surface area contributed by atoms with Crippen molar-refractivity contribution in [2.75, 3.05) is 27.2 Å². The second-order valence-electron chi connectivity index (χ2n) is 4.29. The van der Waals surface area contributed by atoms with Gasteiger partial charge in [-0.2, -0.15) is 0 Å². The first-order chi connectivity index (χ1) is 4.64. The van der Waals surface area contributed by atoms with Crippen molar-refractivity contribution in [3.8, 4) is 0 Å². The summed E-state index contributed by atoms with van der Waals surface area (Å²) in [4.78, 5) is 0. The second-order valence-corrected chi connectivity index (χ2v) is 4.29. The minimum atomic E-state index is 1.07. The zero-order chi connectivity index (χ0) is 7.61. The molecule has 60 valence electrons. The molecule has 0 aromatic carbocycles. The van der Waals surface area contributed by atoms with Gasteiger partial charge < -0.3 is 4.48 Å². The van der Waals surface area contributed by atoms with Crippen LogP contribution in [0.15, 0.2) is 0 Å². The summed E-state index contributed by atoms with van der Waals surface area (Å²) in [5.74, 6) is 1.07. The third-order valence-corrected chi connectivity index (χ3v) is 2.28. The van der Waals surface area contributed by atoms with Crippen LogP contribution in [0.4, 0.5) is 0 Å². The number of hydrogen-bond donors (Lipinski definition) is 0. The summed E-state index contributed by atoms with van der Waals surface area (Å²) in [6.45, 7) is 5.03. The zero-order valence-corrected chi connectivity index (χ0v) is 7.56. The molecule has 1 heteroatoms. The van der Waals surface area contributed by atoms with Crippen molar-refractivity contribution >= 4 is 0 Å².